The van der Waals surface area contributed by atoms with E-state index in [1.165, 1.54) is 0 Å². The zero-order valence-corrected chi connectivity index (χ0v) is 16.3. The number of aryl methyl sites for hydroxylation is 1. The van der Waals surface area contributed by atoms with Gasteiger partial charge in [0.25, 0.3) is 5.91 Å². The highest BCUT2D eigenvalue weighted by atomic mass is 16.5. The van der Waals surface area contributed by atoms with Gasteiger partial charge in [0.15, 0.2) is 6.61 Å². The highest BCUT2D eigenvalue weighted by molar-refractivity contribution is 5.78. The van der Waals surface area contributed by atoms with Gasteiger partial charge in [-0.05, 0) is 46.2 Å². The van der Waals surface area contributed by atoms with Crippen molar-refractivity contribution in [2.24, 2.45) is 0 Å². The summed E-state index contributed by atoms with van der Waals surface area (Å²) >= 11 is 0. The summed E-state index contributed by atoms with van der Waals surface area (Å²) in [6.45, 7) is 9.38. The van der Waals surface area contributed by atoms with Crippen LogP contribution in [0.3, 0.4) is 0 Å². The van der Waals surface area contributed by atoms with Crippen LogP contribution in [0.15, 0.2) is 24.3 Å². The minimum absolute atomic E-state index is 0.0586. The van der Waals surface area contributed by atoms with Gasteiger partial charge < -0.3 is 19.1 Å². The number of ether oxygens (including phenoxy) is 3. The van der Waals surface area contributed by atoms with E-state index in [-0.39, 0.29) is 31.0 Å². The second-order valence-corrected chi connectivity index (χ2v) is 6.31. The third kappa shape index (κ3) is 9.42. The summed E-state index contributed by atoms with van der Waals surface area (Å²) in [6.07, 6.45) is 1.04. The van der Waals surface area contributed by atoms with Crippen LogP contribution in [0.2, 0.25) is 0 Å². The first-order valence-electron chi connectivity index (χ1n) is 9.16. The van der Waals surface area contributed by atoms with Crippen molar-refractivity contribution in [1.82, 2.24) is 4.90 Å². The second kappa shape index (κ2) is 12.3. The monoisotopic (exact) mass is 365 g/mol. The smallest absolute Gasteiger partial charge is 0.307 e. The predicted octanol–water partition coefficient (Wildman–Crippen LogP) is 2.97. The van der Waals surface area contributed by atoms with Crippen LogP contribution in [-0.4, -0.2) is 55.8 Å². The summed E-state index contributed by atoms with van der Waals surface area (Å²) in [7, 11) is 0. The van der Waals surface area contributed by atoms with E-state index in [2.05, 4.69) is 0 Å². The van der Waals surface area contributed by atoms with Crippen LogP contribution in [-0.2, 0) is 19.1 Å². The fraction of sp³-hybridized carbons (Fsp3) is 0.600. The van der Waals surface area contributed by atoms with Gasteiger partial charge in [0.2, 0.25) is 0 Å². The molecule has 146 valence electrons. The molecule has 6 heteroatoms. The minimum Gasteiger partial charge on any atom is -0.484 e. The summed E-state index contributed by atoms with van der Waals surface area (Å²) in [5, 5.41) is 0. The number of carbonyl (C=O) groups excluding carboxylic acids is 2. The first kappa shape index (κ1) is 22.0. The van der Waals surface area contributed by atoms with Gasteiger partial charge in [-0.15, -0.1) is 0 Å². The number of nitrogens with zero attached hydrogens (tertiary/aromatic N) is 1. The topological polar surface area (TPSA) is 65.1 Å². The number of rotatable bonds is 12. The van der Waals surface area contributed by atoms with Crippen LogP contribution >= 0.6 is 0 Å². The summed E-state index contributed by atoms with van der Waals surface area (Å²) in [4.78, 5) is 25.7. The lowest BCUT2D eigenvalue weighted by Gasteiger charge is -2.23. The van der Waals surface area contributed by atoms with Gasteiger partial charge in [-0.2, -0.15) is 0 Å². The van der Waals surface area contributed by atoms with Gasteiger partial charge in [0.1, 0.15) is 5.75 Å². The standard InChI is InChI=1S/C20H31NO5/c1-5-24-20(23)11-13-21(12-6-14-25-16(2)3)19(22)15-26-18-9-7-17(4)8-10-18/h7-10,16H,5-6,11-15H2,1-4H3. The SMILES string of the molecule is CCOC(=O)CCN(CCCOC(C)C)C(=O)COc1ccc(C)cc1. The van der Waals surface area contributed by atoms with Crippen molar-refractivity contribution in [3.05, 3.63) is 29.8 Å². The average molecular weight is 365 g/mol. The summed E-state index contributed by atoms with van der Waals surface area (Å²) in [6, 6.07) is 7.53. The third-order valence-corrected chi connectivity index (χ3v) is 3.65. The predicted molar refractivity (Wildman–Crippen MR) is 100 cm³/mol. The van der Waals surface area contributed by atoms with E-state index in [0.29, 0.717) is 38.5 Å². The van der Waals surface area contributed by atoms with Crippen LogP contribution < -0.4 is 4.74 Å². The molecular weight excluding hydrogens is 334 g/mol. The van der Waals surface area contributed by atoms with Crippen LogP contribution in [0, 0.1) is 6.92 Å². The first-order valence-corrected chi connectivity index (χ1v) is 9.16. The normalized spacial score (nSPS) is 10.7. The van der Waals surface area contributed by atoms with E-state index in [0.717, 1.165) is 5.56 Å². The molecule has 0 atom stereocenters. The Balaban J connectivity index is 2.51. The number of benzene rings is 1. The molecule has 0 fully saturated rings. The molecule has 0 aromatic heterocycles. The van der Waals surface area contributed by atoms with Crippen LogP contribution in [0.4, 0.5) is 0 Å². The number of hydrogen-bond donors (Lipinski definition) is 0. The van der Waals surface area contributed by atoms with Crippen molar-refractivity contribution in [3.63, 3.8) is 0 Å². The van der Waals surface area contributed by atoms with Crippen molar-refractivity contribution >= 4 is 11.9 Å². The van der Waals surface area contributed by atoms with Gasteiger partial charge in [-0.3, -0.25) is 9.59 Å². The van der Waals surface area contributed by atoms with Crippen molar-refractivity contribution in [2.45, 2.75) is 46.6 Å². The molecule has 0 bridgehead atoms. The molecule has 1 amide bonds. The van der Waals surface area contributed by atoms with Crippen molar-refractivity contribution in [3.8, 4) is 5.75 Å². The van der Waals surface area contributed by atoms with Crippen LogP contribution in [0.5, 0.6) is 5.75 Å². The van der Waals surface area contributed by atoms with E-state index in [1.807, 2.05) is 45.0 Å². The van der Waals surface area contributed by atoms with E-state index in [1.54, 1.807) is 11.8 Å². The molecule has 1 rings (SSSR count). The van der Waals surface area contributed by atoms with E-state index in [4.69, 9.17) is 14.2 Å². The fourth-order valence-corrected chi connectivity index (χ4v) is 2.27. The average Bonchev–Trinajstić information content (AvgIpc) is 2.60. The molecule has 0 spiro atoms. The molecule has 26 heavy (non-hydrogen) atoms. The minimum atomic E-state index is -0.303. The largest absolute Gasteiger partial charge is 0.484 e. The zero-order valence-electron chi connectivity index (χ0n) is 16.3. The number of hydrogen-bond acceptors (Lipinski definition) is 5. The molecule has 0 aliphatic carbocycles. The lowest BCUT2D eigenvalue weighted by molar-refractivity contribution is -0.144. The maximum atomic E-state index is 12.5. The van der Waals surface area contributed by atoms with E-state index >= 15 is 0 Å². The summed E-state index contributed by atoms with van der Waals surface area (Å²) < 4.78 is 16.0. The third-order valence-electron chi connectivity index (χ3n) is 3.65. The van der Waals surface area contributed by atoms with Crippen molar-refractivity contribution in [2.75, 3.05) is 32.9 Å². The van der Waals surface area contributed by atoms with Crippen molar-refractivity contribution in [1.29, 1.82) is 0 Å². The van der Waals surface area contributed by atoms with E-state index < -0.39 is 0 Å². The molecular formula is C20H31NO5. The maximum Gasteiger partial charge on any atom is 0.307 e. The van der Waals surface area contributed by atoms with Gasteiger partial charge in [-0.25, -0.2) is 0 Å². The molecule has 0 N–H and O–H groups in total. The first-order chi connectivity index (χ1) is 12.4. The zero-order chi connectivity index (χ0) is 19.4. The molecule has 0 aliphatic heterocycles. The molecule has 1 aromatic carbocycles. The van der Waals surface area contributed by atoms with Gasteiger partial charge in [0.05, 0.1) is 19.1 Å². The Kier molecular flexibility index (Phi) is 10.4. The Morgan fingerprint density at radius 3 is 2.42 bits per heavy atom. The number of esters is 1. The van der Waals surface area contributed by atoms with Crippen molar-refractivity contribution < 1.29 is 23.8 Å². The number of carbonyl (C=O) groups is 2. The summed E-state index contributed by atoms with van der Waals surface area (Å²) in [5.41, 5.74) is 1.13. The Morgan fingerprint density at radius 1 is 1.12 bits per heavy atom. The molecule has 0 saturated carbocycles. The second-order valence-electron chi connectivity index (χ2n) is 6.31. The Morgan fingerprint density at radius 2 is 1.81 bits per heavy atom. The molecule has 0 aliphatic rings. The lowest BCUT2D eigenvalue weighted by Crippen LogP contribution is -2.38. The summed E-state index contributed by atoms with van der Waals surface area (Å²) in [5.74, 6) is 0.194. The van der Waals surface area contributed by atoms with Gasteiger partial charge >= 0.3 is 5.97 Å². The molecule has 0 radical (unpaired) electrons. The number of amides is 1. The highest BCUT2D eigenvalue weighted by Gasteiger charge is 2.16. The molecule has 1 aromatic rings. The molecule has 0 heterocycles. The molecule has 0 unspecified atom stereocenters. The molecule has 0 saturated heterocycles. The quantitative estimate of drug-likeness (QED) is 0.421. The van der Waals surface area contributed by atoms with Gasteiger partial charge in [0, 0.05) is 19.7 Å². The maximum absolute atomic E-state index is 12.5. The fourth-order valence-electron chi connectivity index (χ4n) is 2.27. The van der Waals surface area contributed by atoms with Crippen LogP contribution in [0.25, 0.3) is 0 Å². The van der Waals surface area contributed by atoms with Crippen LogP contribution in [0.1, 0.15) is 39.2 Å². The van der Waals surface area contributed by atoms with Gasteiger partial charge in [-0.1, -0.05) is 17.7 Å². The Labute approximate surface area is 156 Å². The lowest BCUT2D eigenvalue weighted by atomic mass is 10.2. The Bertz CT molecular complexity index is 542. The Hall–Kier alpha value is -2.08. The highest BCUT2D eigenvalue weighted by Crippen LogP contribution is 2.11. The van der Waals surface area contributed by atoms with E-state index in [9.17, 15) is 9.59 Å². The molecule has 6 nitrogen and oxygen atoms in total.